The Morgan fingerprint density at radius 1 is 0.895 bits per heavy atom. The molecule has 3 rings (SSSR count). The first-order chi connectivity index (χ1) is 9.34. The molecule has 1 aromatic heterocycles. The van der Waals surface area contributed by atoms with Gasteiger partial charge in [-0.1, -0.05) is 60.7 Å². The summed E-state index contributed by atoms with van der Waals surface area (Å²) in [4.78, 5) is 7.68. The highest BCUT2D eigenvalue weighted by molar-refractivity contribution is 5.58. The molecule has 0 unspecified atom stereocenters. The van der Waals surface area contributed by atoms with Gasteiger partial charge in [-0.2, -0.15) is 0 Å². The van der Waals surface area contributed by atoms with Crippen LogP contribution < -0.4 is 5.73 Å². The highest BCUT2D eigenvalue weighted by atomic mass is 15.0. The maximum absolute atomic E-state index is 6.21. The summed E-state index contributed by atoms with van der Waals surface area (Å²) in [6.45, 7) is 0. The van der Waals surface area contributed by atoms with Gasteiger partial charge in [-0.3, -0.25) is 0 Å². The largest absolute Gasteiger partial charge is 0.340 e. The van der Waals surface area contributed by atoms with E-state index in [0.717, 1.165) is 22.6 Å². The number of nitrogens with zero attached hydrogens (tertiary/aromatic N) is 1. The maximum atomic E-state index is 6.21. The molecule has 0 aliphatic carbocycles. The predicted molar refractivity (Wildman–Crippen MR) is 76.5 cm³/mol. The van der Waals surface area contributed by atoms with Gasteiger partial charge in [0, 0.05) is 0 Å². The second-order valence-corrected chi connectivity index (χ2v) is 4.44. The zero-order valence-electron chi connectivity index (χ0n) is 10.5. The van der Waals surface area contributed by atoms with Gasteiger partial charge in [0.15, 0.2) is 0 Å². The van der Waals surface area contributed by atoms with Gasteiger partial charge >= 0.3 is 0 Å². The zero-order chi connectivity index (χ0) is 13.1. The average Bonchev–Trinajstić information content (AvgIpc) is 2.98. The first-order valence-electron chi connectivity index (χ1n) is 6.25. The lowest BCUT2D eigenvalue weighted by molar-refractivity contribution is 0.801. The van der Waals surface area contributed by atoms with Gasteiger partial charge < -0.3 is 10.7 Å². The van der Waals surface area contributed by atoms with E-state index < -0.39 is 0 Å². The molecule has 0 radical (unpaired) electrons. The number of benzene rings is 2. The molecule has 3 aromatic rings. The van der Waals surface area contributed by atoms with E-state index in [1.807, 2.05) is 66.9 Å². The lowest BCUT2D eigenvalue weighted by Crippen LogP contribution is -2.13. The lowest BCUT2D eigenvalue weighted by Gasteiger charge is -2.08. The molecule has 0 amide bonds. The molecular weight excluding hydrogens is 234 g/mol. The van der Waals surface area contributed by atoms with Crippen molar-refractivity contribution >= 4 is 0 Å². The van der Waals surface area contributed by atoms with Crippen molar-refractivity contribution in [1.29, 1.82) is 0 Å². The van der Waals surface area contributed by atoms with Crippen LogP contribution in [0.4, 0.5) is 0 Å². The Morgan fingerprint density at radius 2 is 1.53 bits per heavy atom. The van der Waals surface area contributed by atoms with Crippen molar-refractivity contribution in [1.82, 2.24) is 9.97 Å². The molecule has 0 aliphatic rings. The summed E-state index contributed by atoms with van der Waals surface area (Å²) in [6, 6.07) is 19.8. The minimum atomic E-state index is -0.223. The first kappa shape index (κ1) is 11.7. The smallest absolute Gasteiger partial charge is 0.128 e. The molecule has 3 heteroatoms. The molecule has 1 atom stereocenters. The van der Waals surface area contributed by atoms with Crippen LogP contribution in [-0.2, 0) is 0 Å². The van der Waals surface area contributed by atoms with E-state index >= 15 is 0 Å². The summed E-state index contributed by atoms with van der Waals surface area (Å²) in [6.07, 6.45) is 1.83. The van der Waals surface area contributed by atoms with Crippen LogP contribution in [-0.4, -0.2) is 9.97 Å². The number of nitrogens with two attached hydrogens (primary N) is 1. The van der Waals surface area contributed by atoms with Gasteiger partial charge in [0.1, 0.15) is 5.82 Å². The number of aromatic amines is 1. The maximum Gasteiger partial charge on any atom is 0.128 e. The number of H-pyrrole nitrogens is 1. The van der Waals surface area contributed by atoms with Crippen molar-refractivity contribution in [3.8, 4) is 11.3 Å². The van der Waals surface area contributed by atoms with E-state index in [2.05, 4.69) is 9.97 Å². The standard InChI is InChI=1S/C16H15N3/c17-15(13-9-5-2-6-10-13)16-18-11-14(19-16)12-7-3-1-4-8-12/h1-11,15H,17H2,(H,18,19)/t15-/m1/s1. The Morgan fingerprint density at radius 3 is 2.21 bits per heavy atom. The molecule has 0 saturated carbocycles. The van der Waals surface area contributed by atoms with Gasteiger partial charge in [-0.25, -0.2) is 4.98 Å². The van der Waals surface area contributed by atoms with Crippen LogP contribution in [0.5, 0.6) is 0 Å². The van der Waals surface area contributed by atoms with Crippen LogP contribution in [0, 0.1) is 0 Å². The molecule has 0 aliphatic heterocycles. The Labute approximate surface area is 112 Å². The number of nitrogens with one attached hydrogen (secondary N) is 1. The molecule has 0 bridgehead atoms. The molecular formula is C16H15N3. The highest BCUT2D eigenvalue weighted by Crippen LogP contribution is 2.21. The summed E-state index contributed by atoms with van der Waals surface area (Å²) in [5.74, 6) is 0.782. The third-order valence-corrected chi connectivity index (χ3v) is 3.13. The van der Waals surface area contributed by atoms with Gasteiger partial charge in [0.05, 0.1) is 17.9 Å². The fourth-order valence-electron chi connectivity index (χ4n) is 2.08. The molecule has 0 saturated heterocycles. The Hall–Kier alpha value is -2.39. The monoisotopic (exact) mass is 249 g/mol. The fraction of sp³-hybridized carbons (Fsp3) is 0.0625. The van der Waals surface area contributed by atoms with E-state index in [1.54, 1.807) is 0 Å². The van der Waals surface area contributed by atoms with Crippen LogP contribution in [0.15, 0.2) is 66.9 Å². The molecule has 94 valence electrons. The second-order valence-electron chi connectivity index (χ2n) is 4.44. The number of hydrogen-bond acceptors (Lipinski definition) is 2. The van der Waals surface area contributed by atoms with Crippen LogP contribution in [0.3, 0.4) is 0 Å². The van der Waals surface area contributed by atoms with Crippen molar-refractivity contribution in [2.24, 2.45) is 5.73 Å². The number of hydrogen-bond donors (Lipinski definition) is 2. The summed E-state index contributed by atoms with van der Waals surface area (Å²) in [7, 11) is 0. The van der Waals surface area contributed by atoms with E-state index in [9.17, 15) is 0 Å². The quantitative estimate of drug-likeness (QED) is 0.749. The Balaban J connectivity index is 1.90. The van der Waals surface area contributed by atoms with Crippen LogP contribution in [0.25, 0.3) is 11.3 Å². The van der Waals surface area contributed by atoms with E-state index in [0.29, 0.717) is 0 Å². The molecule has 3 nitrogen and oxygen atoms in total. The third kappa shape index (κ3) is 2.41. The SMILES string of the molecule is N[C@H](c1ccccc1)c1ncc(-c2ccccc2)[nH]1. The topological polar surface area (TPSA) is 54.7 Å². The molecule has 0 fully saturated rings. The molecule has 0 spiro atoms. The summed E-state index contributed by atoms with van der Waals surface area (Å²) in [5.41, 5.74) is 9.37. The molecule has 19 heavy (non-hydrogen) atoms. The van der Waals surface area contributed by atoms with Crippen molar-refractivity contribution in [2.75, 3.05) is 0 Å². The molecule has 2 aromatic carbocycles. The zero-order valence-corrected chi connectivity index (χ0v) is 10.5. The predicted octanol–water partition coefficient (Wildman–Crippen LogP) is 3.12. The number of imidazole rings is 1. The Bertz CT molecular complexity index is 644. The summed E-state index contributed by atoms with van der Waals surface area (Å²) < 4.78 is 0. The summed E-state index contributed by atoms with van der Waals surface area (Å²) >= 11 is 0. The molecule has 1 heterocycles. The van der Waals surface area contributed by atoms with Crippen LogP contribution in [0.1, 0.15) is 17.4 Å². The van der Waals surface area contributed by atoms with Crippen molar-refractivity contribution in [2.45, 2.75) is 6.04 Å². The van der Waals surface area contributed by atoms with Crippen molar-refractivity contribution < 1.29 is 0 Å². The minimum absolute atomic E-state index is 0.223. The highest BCUT2D eigenvalue weighted by Gasteiger charge is 2.12. The van der Waals surface area contributed by atoms with E-state index in [-0.39, 0.29) is 6.04 Å². The van der Waals surface area contributed by atoms with Gasteiger partial charge in [0.25, 0.3) is 0 Å². The summed E-state index contributed by atoms with van der Waals surface area (Å²) in [5, 5.41) is 0. The number of aromatic nitrogens is 2. The van der Waals surface area contributed by atoms with Crippen LogP contribution in [0.2, 0.25) is 0 Å². The van der Waals surface area contributed by atoms with E-state index in [4.69, 9.17) is 5.73 Å². The normalized spacial score (nSPS) is 12.3. The fourth-order valence-corrected chi connectivity index (χ4v) is 2.08. The van der Waals surface area contributed by atoms with Crippen molar-refractivity contribution in [3.05, 3.63) is 78.2 Å². The lowest BCUT2D eigenvalue weighted by atomic mass is 10.1. The van der Waals surface area contributed by atoms with Crippen molar-refractivity contribution in [3.63, 3.8) is 0 Å². The van der Waals surface area contributed by atoms with E-state index in [1.165, 1.54) is 0 Å². The Kier molecular flexibility index (Phi) is 3.12. The number of rotatable bonds is 3. The average molecular weight is 249 g/mol. The minimum Gasteiger partial charge on any atom is -0.340 e. The van der Waals surface area contributed by atoms with Gasteiger partial charge in [0.2, 0.25) is 0 Å². The third-order valence-electron chi connectivity index (χ3n) is 3.13. The first-order valence-corrected chi connectivity index (χ1v) is 6.25. The second kappa shape index (κ2) is 5.08. The molecule has 3 N–H and O–H groups in total. The van der Waals surface area contributed by atoms with Gasteiger partial charge in [-0.15, -0.1) is 0 Å². The van der Waals surface area contributed by atoms with Gasteiger partial charge in [-0.05, 0) is 11.1 Å². The van der Waals surface area contributed by atoms with Crippen LogP contribution >= 0.6 is 0 Å².